The van der Waals surface area contributed by atoms with E-state index in [1.807, 2.05) is 27.7 Å². The maximum absolute atomic E-state index is 13.0. The summed E-state index contributed by atoms with van der Waals surface area (Å²) in [6, 6.07) is -2.28. The van der Waals surface area contributed by atoms with E-state index in [1.165, 1.54) is 4.90 Å². The Bertz CT molecular complexity index is 1040. The Labute approximate surface area is 273 Å². The topological polar surface area (TPSA) is 192 Å². The molecule has 1 saturated carbocycles. The van der Waals surface area contributed by atoms with Crippen molar-refractivity contribution in [3.63, 3.8) is 0 Å². The Kier molecular flexibility index (Phi) is 16.0. The number of ether oxygens (including phenoxy) is 1. The lowest BCUT2D eigenvalue weighted by atomic mass is 9.88. The molecule has 262 valence electrons. The van der Waals surface area contributed by atoms with Gasteiger partial charge in [0, 0.05) is 19.1 Å². The highest BCUT2D eigenvalue weighted by Gasteiger charge is 2.41. The molecule has 1 aliphatic carbocycles. The van der Waals surface area contributed by atoms with Crippen LogP contribution in [0.3, 0.4) is 0 Å². The summed E-state index contributed by atoms with van der Waals surface area (Å²) < 4.78 is 5.38. The SMILES string of the molecule is C=CCCC(C)(C)OC(=O)N1CCC[C@H]1C(=O)O.CC(C)[C@H](N)C(=O)NCCCC[C@@H](C(=O)O)N(C(=O)[C@@H]1CCCN1)C1CCC1. The van der Waals surface area contributed by atoms with Crippen molar-refractivity contribution in [1.29, 1.82) is 0 Å². The van der Waals surface area contributed by atoms with Crippen LogP contribution in [-0.4, -0.2) is 105 Å². The van der Waals surface area contributed by atoms with Crippen LogP contribution >= 0.6 is 0 Å². The number of nitrogens with zero attached hydrogens (tertiary/aromatic N) is 2. The van der Waals surface area contributed by atoms with Gasteiger partial charge < -0.3 is 36.2 Å². The molecule has 13 nitrogen and oxygen atoms in total. The molecule has 0 unspecified atom stereocenters. The minimum Gasteiger partial charge on any atom is -0.480 e. The largest absolute Gasteiger partial charge is 0.480 e. The first-order chi connectivity index (χ1) is 21.7. The summed E-state index contributed by atoms with van der Waals surface area (Å²) in [6.45, 7) is 12.8. The molecule has 0 radical (unpaired) electrons. The van der Waals surface area contributed by atoms with Gasteiger partial charge in [0.1, 0.15) is 17.7 Å². The first kappa shape index (κ1) is 39.0. The van der Waals surface area contributed by atoms with Crippen molar-refractivity contribution in [1.82, 2.24) is 20.4 Å². The van der Waals surface area contributed by atoms with Crippen LogP contribution < -0.4 is 16.4 Å². The number of likely N-dealkylation sites (tertiary alicyclic amines) is 1. The highest BCUT2D eigenvalue weighted by atomic mass is 16.6. The number of amides is 3. The number of carboxylic acid groups (broad SMARTS) is 2. The monoisotopic (exact) mass is 651 g/mol. The van der Waals surface area contributed by atoms with E-state index >= 15 is 0 Å². The first-order valence-corrected chi connectivity index (χ1v) is 16.8. The zero-order valence-electron chi connectivity index (χ0n) is 28.2. The average Bonchev–Trinajstić information content (AvgIpc) is 3.68. The van der Waals surface area contributed by atoms with Gasteiger partial charge in [-0.1, -0.05) is 19.9 Å². The molecular formula is C33H57N5O8. The second-order valence-corrected chi connectivity index (χ2v) is 13.5. The van der Waals surface area contributed by atoms with E-state index in [4.69, 9.17) is 15.6 Å². The van der Waals surface area contributed by atoms with E-state index in [0.29, 0.717) is 51.6 Å². The van der Waals surface area contributed by atoms with Gasteiger partial charge in [-0.2, -0.15) is 0 Å². The van der Waals surface area contributed by atoms with Gasteiger partial charge >= 0.3 is 18.0 Å². The van der Waals surface area contributed by atoms with E-state index in [-0.39, 0.29) is 29.8 Å². The number of hydrogen-bond donors (Lipinski definition) is 5. The van der Waals surface area contributed by atoms with Crippen molar-refractivity contribution in [3.05, 3.63) is 12.7 Å². The van der Waals surface area contributed by atoms with E-state index in [0.717, 1.165) is 45.1 Å². The molecule has 0 aromatic rings. The van der Waals surface area contributed by atoms with Crippen LogP contribution in [0.4, 0.5) is 4.79 Å². The molecule has 3 amide bonds. The van der Waals surface area contributed by atoms with Crippen LogP contribution in [0, 0.1) is 5.92 Å². The fraction of sp³-hybridized carbons (Fsp3) is 0.788. The molecule has 4 atom stereocenters. The number of carboxylic acids is 2. The van der Waals surface area contributed by atoms with Gasteiger partial charge in [0.25, 0.3) is 0 Å². The van der Waals surface area contributed by atoms with Crippen molar-refractivity contribution < 1.29 is 38.9 Å². The van der Waals surface area contributed by atoms with E-state index < -0.39 is 41.8 Å². The van der Waals surface area contributed by atoms with Crippen molar-refractivity contribution in [3.8, 4) is 0 Å². The predicted molar refractivity (Wildman–Crippen MR) is 174 cm³/mol. The maximum Gasteiger partial charge on any atom is 0.411 e. The van der Waals surface area contributed by atoms with Gasteiger partial charge in [-0.05, 0) is 103 Å². The minimum atomic E-state index is -0.964. The number of aliphatic carboxylic acids is 2. The quantitative estimate of drug-likeness (QED) is 0.122. The number of carbonyl (C=O) groups is 5. The normalized spacial score (nSPS) is 21.0. The molecule has 6 N–H and O–H groups in total. The molecule has 0 aromatic carbocycles. The fourth-order valence-electron chi connectivity index (χ4n) is 5.84. The molecular weight excluding hydrogens is 594 g/mol. The standard InChI is InChI=1S/C20H36N4O4.C13H21NO4/c1-13(2)17(21)18(25)23-11-4-3-10-16(20(27)28)24(14-7-5-8-14)19(26)15-9-6-12-22-15;1-4-5-8-13(2,3)18-12(17)14-9-6-7-10(14)11(15)16/h13-17,22H,3-12,21H2,1-2H3,(H,23,25)(H,27,28);4,10H,1,5-9H2,2-3H3,(H,15,16)/t15-,16-,17-;10-/m00/s1. The Morgan fingerprint density at radius 1 is 1.09 bits per heavy atom. The summed E-state index contributed by atoms with van der Waals surface area (Å²) in [5.41, 5.74) is 5.21. The van der Waals surface area contributed by atoms with Crippen molar-refractivity contribution in [2.45, 2.75) is 141 Å². The Hall–Kier alpha value is -3.19. The van der Waals surface area contributed by atoms with E-state index in [2.05, 4.69) is 17.2 Å². The third-order valence-electron chi connectivity index (χ3n) is 9.01. The second kappa shape index (κ2) is 18.8. The number of carbonyl (C=O) groups excluding carboxylic acids is 3. The lowest BCUT2D eigenvalue weighted by molar-refractivity contribution is -0.155. The molecule has 0 spiro atoms. The number of allylic oxidation sites excluding steroid dienone is 1. The lowest BCUT2D eigenvalue weighted by Crippen LogP contribution is -2.57. The highest BCUT2D eigenvalue weighted by molar-refractivity contribution is 5.87. The Morgan fingerprint density at radius 3 is 2.30 bits per heavy atom. The van der Waals surface area contributed by atoms with Crippen molar-refractivity contribution in [2.75, 3.05) is 19.6 Å². The molecule has 2 saturated heterocycles. The summed E-state index contributed by atoms with van der Waals surface area (Å²) in [4.78, 5) is 62.7. The van der Waals surface area contributed by atoms with Gasteiger partial charge in [-0.3, -0.25) is 14.5 Å². The second-order valence-electron chi connectivity index (χ2n) is 13.5. The van der Waals surface area contributed by atoms with E-state index in [1.54, 1.807) is 11.0 Å². The molecule has 3 fully saturated rings. The third-order valence-corrected chi connectivity index (χ3v) is 9.01. The summed E-state index contributed by atoms with van der Waals surface area (Å²) in [6.07, 6.45) is 10.1. The Morgan fingerprint density at radius 2 is 1.78 bits per heavy atom. The van der Waals surface area contributed by atoms with Gasteiger partial charge in [-0.15, -0.1) is 6.58 Å². The van der Waals surface area contributed by atoms with Crippen LogP contribution in [0.2, 0.25) is 0 Å². The molecule has 0 aromatic heterocycles. The zero-order chi connectivity index (χ0) is 34.4. The summed E-state index contributed by atoms with van der Waals surface area (Å²) >= 11 is 0. The molecule has 3 aliphatic rings. The van der Waals surface area contributed by atoms with Crippen molar-refractivity contribution in [2.24, 2.45) is 11.7 Å². The predicted octanol–water partition coefficient (Wildman–Crippen LogP) is 3.26. The van der Waals surface area contributed by atoms with Crippen LogP contribution in [-0.2, 0) is 23.9 Å². The van der Waals surface area contributed by atoms with Gasteiger partial charge in [0.2, 0.25) is 11.8 Å². The van der Waals surface area contributed by atoms with Crippen LogP contribution in [0.5, 0.6) is 0 Å². The Balaban J connectivity index is 0.000000353. The summed E-state index contributed by atoms with van der Waals surface area (Å²) in [5, 5.41) is 24.8. The third kappa shape index (κ3) is 11.9. The number of rotatable bonds is 16. The zero-order valence-corrected chi connectivity index (χ0v) is 28.2. The molecule has 2 heterocycles. The molecule has 0 bridgehead atoms. The van der Waals surface area contributed by atoms with Crippen LogP contribution in [0.1, 0.15) is 105 Å². The minimum absolute atomic E-state index is 0.0414. The van der Waals surface area contributed by atoms with Crippen LogP contribution in [0.15, 0.2) is 12.7 Å². The maximum atomic E-state index is 13.0. The lowest BCUT2D eigenvalue weighted by Gasteiger charge is -2.42. The van der Waals surface area contributed by atoms with Gasteiger partial charge in [0.05, 0.1) is 12.1 Å². The van der Waals surface area contributed by atoms with Crippen molar-refractivity contribution >= 4 is 29.8 Å². The molecule has 13 heteroatoms. The number of nitrogens with two attached hydrogens (primary N) is 1. The number of hydrogen-bond acceptors (Lipinski definition) is 8. The summed E-state index contributed by atoms with van der Waals surface area (Å²) in [7, 11) is 0. The molecule has 2 aliphatic heterocycles. The number of nitrogens with one attached hydrogen (secondary N) is 2. The van der Waals surface area contributed by atoms with E-state index in [9.17, 15) is 29.1 Å². The average molecular weight is 652 g/mol. The number of unbranched alkanes of at least 4 members (excludes halogenated alkanes) is 1. The van der Waals surface area contributed by atoms with Gasteiger partial charge in [0.15, 0.2) is 0 Å². The first-order valence-electron chi connectivity index (χ1n) is 16.8. The fourth-order valence-corrected chi connectivity index (χ4v) is 5.84. The van der Waals surface area contributed by atoms with Crippen LogP contribution in [0.25, 0.3) is 0 Å². The summed E-state index contributed by atoms with van der Waals surface area (Å²) in [5.74, 6) is -2.07. The molecule has 3 rings (SSSR count). The van der Waals surface area contributed by atoms with Gasteiger partial charge in [-0.25, -0.2) is 14.4 Å². The smallest absolute Gasteiger partial charge is 0.411 e. The highest BCUT2D eigenvalue weighted by Crippen LogP contribution is 2.30. The molecule has 46 heavy (non-hydrogen) atoms.